The molecule has 1 aliphatic heterocycles. The predicted molar refractivity (Wildman–Crippen MR) is 139 cm³/mol. The van der Waals surface area contributed by atoms with Crippen LogP contribution in [0.2, 0.25) is 0 Å². The van der Waals surface area contributed by atoms with Crippen molar-refractivity contribution in [1.82, 2.24) is 10.6 Å². The van der Waals surface area contributed by atoms with Crippen molar-refractivity contribution in [2.45, 2.75) is 64.1 Å². The van der Waals surface area contributed by atoms with Crippen molar-refractivity contribution < 1.29 is 14.3 Å². The standard InChI is InChI=1S/C29H33N3O3/c1-18-14-20-15-21(17-30-27(34)35-28(2,3)4)31-25(20)16-23(18)26(33)32-29(12-13-29)24-11-7-9-19-8-5-6-10-22(19)24/h5-11,14,16,21,31H,12-13,15,17H2,1-4H3,(H,30,34)(H,32,33). The lowest BCUT2D eigenvalue weighted by atomic mass is 9.96. The average molecular weight is 472 g/mol. The third kappa shape index (κ3) is 4.83. The first kappa shape index (κ1) is 23.2. The fourth-order valence-electron chi connectivity index (χ4n) is 5.01. The van der Waals surface area contributed by atoms with E-state index < -0.39 is 11.7 Å². The molecule has 5 rings (SSSR count). The van der Waals surface area contributed by atoms with Crippen LogP contribution in [-0.4, -0.2) is 30.2 Å². The summed E-state index contributed by atoms with van der Waals surface area (Å²) in [4.78, 5) is 25.5. The molecule has 6 nitrogen and oxygen atoms in total. The Morgan fingerprint density at radius 2 is 1.83 bits per heavy atom. The molecule has 1 unspecified atom stereocenters. The van der Waals surface area contributed by atoms with Gasteiger partial charge < -0.3 is 20.7 Å². The van der Waals surface area contributed by atoms with Gasteiger partial charge in [0.2, 0.25) is 0 Å². The number of aryl methyl sites for hydroxylation is 1. The van der Waals surface area contributed by atoms with Crippen molar-refractivity contribution in [2.75, 3.05) is 11.9 Å². The number of amides is 2. The maximum Gasteiger partial charge on any atom is 0.407 e. The van der Waals surface area contributed by atoms with Crippen LogP contribution in [0.1, 0.15) is 60.7 Å². The normalized spacial score (nSPS) is 17.9. The molecule has 2 aliphatic rings. The predicted octanol–water partition coefficient (Wildman–Crippen LogP) is 5.43. The zero-order chi connectivity index (χ0) is 24.8. The highest BCUT2D eigenvalue weighted by Crippen LogP contribution is 2.48. The lowest BCUT2D eigenvalue weighted by Gasteiger charge is -2.21. The fraction of sp³-hybridized carbons (Fsp3) is 0.379. The van der Waals surface area contributed by atoms with Gasteiger partial charge in [-0.05, 0) is 80.5 Å². The van der Waals surface area contributed by atoms with E-state index in [0.29, 0.717) is 12.1 Å². The second kappa shape index (κ2) is 8.59. The van der Waals surface area contributed by atoms with Gasteiger partial charge in [-0.15, -0.1) is 0 Å². The largest absolute Gasteiger partial charge is 0.444 e. The lowest BCUT2D eigenvalue weighted by molar-refractivity contribution is 0.0525. The van der Waals surface area contributed by atoms with Crippen molar-refractivity contribution in [3.63, 3.8) is 0 Å². The van der Waals surface area contributed by atoms with Gasteiger partial charge in [-0.1, -0.05) is 48.5 Å². The van der Waals surface area contributed by atoms with Gasteiger partial charge in [0.15, 0.2) is 0 Å². The topological polar surface area (TPSA) is 79.5 Å². The summed E-state index contributed by atoms with van der Waals surface area (Å²) in [6.45, 7) is 7.97. The number of benzene rings is 3. The van der Waals surface area contributed by atoms with Gasteiger partial charge in [0.1, 0.15) is 5.60 Å². The summed E-state index contributed by atoms with van der Waals surface area (Å²) >= 11 is 0. The fourth-order valence-corrected chi connectivity index (χ4v) is 5.01. The van der Waals surface area contributed by atoms with Crippen LogP contribution in [0, 0.1) is 6.92 Å². The first-order valence-corrected chi connectivity index (χ1v) is 12.3. The molecule has 3 N–H and O–H groups in total. The van der Waals surface area contributed by atoms with Crippen LogP contribution in [0.25, 0.3) is 10.8 Å². The lowest BCUT2D eigenvalue weighted by Crippen LogP contribution is -2.38. The Kier molecular flexibility index (Phi) is 5.70. The second-order valence-corrected chi connectivity index (χ2v) is 10.8. The minimum absolute atomic E-state index is 0.0483. The summed E-state index contributed by atoms with van der Waals surface area (Å²) in [5.74, 6) is -0.0483. The van der Waals surface area contributed by atoms with E-state index in [1.54, 1.807) is 0 Å². The Morgan fingerprint density at radius 3 is 2.57 bits per heavy atom. The molecule has 1 saturated carbocycles. The zero-order valence-corrected chi connectivity index (χ0v) is 20.8. The summed E-state index contributed by atoms with van der Waals surface area (Å²) in [7, 11) is 0. The molecule has 6 heteroatoms. The van der Waals surface area contributed by atoms with Crippen molar-refractivity contribution in [1.29, 1.82) is 0 Å². The Labute approximate surface area is 206 Å². The number of alkyl carbamates (subject to hydrolysis) is 1. The molecule has 35 heavy (non-hydrogen) atoms. The molecule has 2 amide bonds. The number of hydrogen-bond donors (Lipinski definition) is 3. The highest BCUT2D eigenvalue weighted by Gasteiger charge is 2.46. The Hall–Kier alpha value is -3.54. The van der Waals surface area contributed by atoms with Crippen LogP contribution in [0.3, 0.4) is 0 Å². The van der Waals surface area contributed by atoms with Gasteiger partial charge in [-0.25, -0.2) is 4.79 Å². The van der Waals surface area contributed by atoms with E-state index in [0.717, 1.165) is 36.1 Å². The van der Waals surface area contributed by atoms with E-state index in [1.807, 2.05) is 45.9 Å². The van der Waals surface area contributed by atoms with Gasteiger partial charge in [-0.2, -0.15) is 0 Å². The Bertz CT molecular complexity index is 1300. The molecule has 0 aromatic heterocycles. The molecule has 1 atom stereocenters. The molecule has 0 saturated heterocycles. The van der Waals surface area contributed by atoms with E-state index in [-0.39, 0.29) is 17.5 Å². The quantitative estimate of drug-likeness (QED) is 0.464. The monoisotopic (exact) mass is 471 g/mol. The molecule has 3 aromatic carbocycles. The van der Waals surface area contributed by atoms with E-state index in [4.69, 9.17) is 4.74 Å². The van der Waals surface area contributed by atoms with E-state index in [1.165, 1.54) is 16.3 Å². The van der Waals surface area contributed by atoms with Gasteiger partial charge in [0, 0.05) is 23.8 Å². The number of anilines is 1. The SMILES string of the molecule is Cc1cc2c(cc1C(=O)NC1(c3cccc4ccccc34)CC1)NC(CNC(=O)OC(C)(C)C)C2. The first-order chi connectivity index (χ1) is 16.6. The second-order valence-electron chi connectivity index (χ2n) is 10.8. The maximum atomic E-state index is 13.4. The van der Waals surface area contributed by atoms with Crippen LogP contribution in [0.4, 0.5) is 10.5 Å². The van der Waals surface area contributed by atoms with Gasteiger partial charge in [-0.3, -0.25) is 4.79 Å². The van der Waals surface area contributed by atoms with Crippen molar-refractivity contribution in [3.8, 4) is 0 Å². The van der Waals surface area contributed by atoms with Crippen LogP contribution >= 0.6 is 0 Å². The van der Waals surface area contributed by atoms with Crippen molar-refractivity contribution in [3.05, 3.63) is 76.9 Å². The maximum absolute atomic E-state index is 13.4. The molecule has 1 aliphatic carbocycles. The summed E-state index contributed by atoms with van der Waals surface area (Å²) in [6, 6.07) is 18.7. The Morgan fingerprint density at radius 1 is 1.09 bits per heavy atom. The number of nitrogens with one attached hydrogen (secondary N) is 3. The third-order valence-corrected chi connectivity index (χ3v) is 6.82. The summed E-state index contributed by atoms with van der Waals surface area (Å²) in [5, 5.41) is 12.0. The molecular weight excluding hydrogens is 438 g/mol. The zero-order valence-electron chi connectivity index (χ0n) is 20.8. The number of hydrogen-bond acceptors (Lipinski definition) is 4. The van der Waals surface area contributed by atoms with Crippen LogP contribution in [-0.2, 0) is 16.7 Å². The van der Waals surface area contributed by atoms with Crippen LogP contribution in [0.5, 0.6) is 0 Å². The molecular formula is C29H33N3O3. The molecule has 0 spiro atoms. The van der Waals surface area contributed by atoms with Gasteiger partial charge in [0.05, 0.1) is 5.54 Å². The molecule has 1 heterocycles. The van der Waals surface area contributed by atoms with Gasteiger partial charge in [0.25, 0.3) is 5.91 Å². The van der Waals surface area contributed by atoms with E-state index in [2.05, 4.69) is 52.3 Å². The highest BCUT2D eigenvalue weighted by molar-refractivity contribution is 5.98. The smallest absolute Gasteiger partial charge is 0.407 e. The number of fused-ring (bicyclic) bond motifs is 2. The number of rotatable bonds is 5. The number of carbonyl (C=O) groups is 2. The first-order valence-electron chi connectivity index (χ1n) is 12.3. The molecule has 0 bridgehead atoms. The molecule has 182 valence electrons. The summed E-state index contributed by atoms with van der Waals surface area (Å²) in [6.07, 6.45) is 2.24. The van der Waals surface area contributed by atoms with E-state index in [9.17, 15) is 9.59 Å². The average Bonchev–Trinajstić information content (AvgIpc) is 3.46. The summed E-state index contributed by atoms with van der Waals surface area (Å²) < 4.78 is 5.33. The van der Waals surface area contributed by atoms with Crippen LogP contribution in [0.15, 0.2) is 54.6 Å². The van der Waals surface area contributed by atoms with Crippen LogP contribution < -0.4 is 16.0 Å². The summed E-state index contributed by atoms with van der Waals surface area (Å²) in [5.41, 5.74) is 4.10. The number of ether oxygens (including phenoxy) is 1. The Balaban J connectivity index is 1.29. The number of carbonyl (C=O) groups excluding carboxylic acids is 2. The molecule has 0 radical (unpaired) electrons. The molecule has 1 fully saturated rings. The minimum Gasteiger partial charge on any atom is -0.444 e. The van der Waals surface area contributed by atoms with Gasteiger partial charge >= 0.3 is 6.09 Å². The minimum atomic E-state index is -0.527. The van der Waals surface area contributed by atoms with E-state index >= 15 is 0 Å². The van der Waals surface area contributed by atoms with Crippen molar-refractivity contribution in [2.24, 2.45) is 0 Å². The molecule has 3 aromatic rings. The van der Waals surface area contributed by atoms with Crippen molar-refractivity contribution >= 4 is 28.5 Å². The highest BCUT2D eigenvalue weighted by atomic mass is 16.6. The third-order valence-electron chi connectivity index (χ3n) is 6.82.